The fourth-order valence-electron chi connectivity index (χ4n) is 5.42. The van der Waals surface area contributed by atoms with Crippen molar-refractivity contribution >= 4 is 28.1 Å². The monoisotopic (exact) mass is 419 g/mol. The first-order valence-corrected chi connectivity index (χ1v) is 11.7. The number of nitrogens with zero attached hydrogens (tertiary/aromatic N) is 3. The second-order valence-corrected chi connectivity index (χ2v) is 9.26. The molecule has 0 bridgehead atoms. The topological polar surface area (TPSA) is 93.3 Å². The summed E-state index contributed by atoms with van der Waals surface area (Å²) in [6, 6.07) is 11.2. The number of fused-ring (bicyclic) bond motifs is 1. The van der Waals surface area contributed by atoms with Crippen LogP contribution in [0.2, 0.25) is 0 Å². The van der Waals surface area contributed by atoms with Gasteiger partial charge in [-0.2, -0.15) is 0 Å². The van der Waals surface area contributed by atoms with E-state index in [1.165, 1.54) is 37.6 Å². The van der Waals surface area contributed by atoms with E-state index in [0.29, 0.717) is 23.3 Å². The van der Waals surface area contributed by atoms with E-state index in [2.05, 4.69) is 33.7 Å². The second-order valence-electron chi connectivity index (χ2n) is 9.26. The molecular formula is C25H33N5O. The molecule has 1 saturated carbocycles. The SMILES string of the molecule is Nc1cc(N2CCC(CCO)C2)cc(-c2ccc3c(c2)ncn3C2CCCCC2)c1N. The van der Waals surface area contributed by atoms with Gasteiger partial charge < -0.3 is 26.0 Å². The fourth-order valence-corrected chi connectivity index (χ4v) is 5.42. The number of anilines is 3. The predicted octanol–water partition coefficient (Wildman–Crippen LogP) is 4.58. The fraction of sp³-hybridized carbons (Fsp3) is 0.480. The van der Waals surface area contributed by atoms with Gasteiger partial charge in [-0.15, -0.1) is 0 Å². The molecule has 6 nitrogen and oxygen atoms in total. The van der Waals surface area contributed by atoms with E-state index < -0.39 is 0 Å². The van der Waals surface area contributed by atoms with Crippen molar-refractivity contribution in [3.05, 3.63) is 36.7 Å². The van der Waals surface area contributed by atoms with Crippen molar-refractivity contribution in [2.24, 2.45) is 5.92 Å². The van der Waals surface area contributed by atoms with Gasteiger partial charge in [-0.25, -0.2) is 4.98 Å². The highest BCUT2D eigenvalue weighted by atomic mass is 16.3. The summed E-state index contributed by atoms with van der Waals surface area (Å²) in [6.45, 7) is 2.19. The number of hydrogen-bond donors (Lipinski definition) is 3. The highest BCUT2D eigenvalue weighted by Crippen LogP contribution is 2.38. The van der Waals surface area contributed by atoms with Crippen molar-refractivity contribution in [1.29, 1.82) is 0 Å². The summed E-state index contributed by atoms with van der Waals surface area (Å²) in [5.74, 6) is 0.535. The van der Waals surface area contributed by atoms with Gasteiger partial charge >= 0.3 is 0 Å². The van der Waals surface area contributed by atoms with Gasteiger partial charge in [0.25, 0.3) is 0 Å². The molecule has 2 aromatic carbocycles. The van der Waals surface area contributed by atoms with Crippen LogP contribution in [0.5, 0.6) is 0 Å². The minimum atomic E-state index is 0.251. The summed E-state index contributed by atoms with van der Waals surface area (Å²) in [5.41, 5.74) is 19.3. The van der Waals surface area contributed by atoms with E-state index in [9.17, 15) is 5.11 Å². The van der Waals surface area contributed by atoms with Crippen molar-refractivity contribution in [3.63, 3.8) is 0 Å². The van der Waals surface area contributed by atoms with Gasteiger partial charge in [-0.05, 0) is 61.4 Å². The number of aliphatic hydroxyl groups is 1. The first-order valence-electron chi connectivity index (χ1n) is 11.7. The van der Waals surface area contributed by atoms with Crippen molar-refractivity contribution < 1.29 is 5.11 Å². The molecule has 2 fully saturated rings. The smallest absolute Gasteiger partial charge is 0.0960 e. The third-order valence-electron chi connectivity index (χ3n) is 7.24. The second kappa shape index (κ2) is 8.42. The number of rotatable bonds is 5. The Hall–Kier alpha value is -2.73. The van der Waals surface area contributed by atoms with Crippen molar-refractivity contribution in [1.82, 2.24) is 9.55 Å². The normalized spacial score (nSPS) is 20.0. The first-order chi connectivity index (χ1) is 15.1. The molecule has 1 aliphatic heterocycles. The van der Waals surface area contributed by atoms with E-state index in [0.717, 1.165) is 48.3 Å². The van der Waals surface area contributed by atoms with E-state index >= 15 is 0 Å². The van der Waals surface area contributed by atoms with E-state index in [1.54, 1.807) is 0 Å². The molecule has 1 aliphatic carbocycles. The van der Waals surface area contributed by atoms with Crippen molar-refractivity contribution in [2.45, 2.75) is 51.0 Å². The Morgan fingerprint density at radius 2 is 1.87 bits per heavy atom. The van der Waals surface area contributed by atoms with Crippen LogP contribution >= 0.6 is 0 Å². The molecule has 2 aliphatic rings. The third-order valence-corrected chi connectivity index (χ3v) is 7.24. The zero-order valence-electron chi connectivity index (χ0n) is 18.1. The molecule has 1 atom stereocenters. The van der Waals surface area contributed by atoms with E-state index in [1.807, 2.05) is 12.4 Å². The number of imidazole rings is 1. The Bertz CT molecular complexity index is 1070. The molecule has 0 amide bonds. The number of benzene rings is 2. The molecule has 5 rings (SSSR count). The van der Waals surface area contributed by atoms with Crippen LogP contribution < -0.4 is 16.4 Å². The molecule has 6 heteroatoms. The van der Waals surface area contributed by atoms with Gasteiger partial charge in [0.2, 0.25) is 0 Å². The molecule has 0 spiro atoms. The van der Waals surface area contributed by atoms with Gasteiger partial charge in [0.1, 0.15) is 0 Å². The zero-order valence-corrected chi connectivity index (χ0v) is 18.1. The van der Waals surface area contributed by atoms with Crippen LogP contribution in [-0.2, 0) is 0 Å². The number of hydrogen-bond acceptors (Lipinski definition) is 5. The van der Waals surface area contributed by atoms with Crippen LogP contribution in [0.25, 0.3) is 22.2 Å². The van der Waals surface area contributed by atoms with Crippen LogP contribution in [0.15, 0.2) is 36.7 Å². The van der Waals surface area contributed by atoms with Gasteiger partial charge in [0, 0.05) is 37.0 Å². The Balaban J connectivity index is 1.47. The van der Waals surface area contributed by atoms with Crippen LogP contribution in [0, 0.1) is 5.92 Å². The lowest BCUT2D eigenvalue weighted by Gasteiger charge is -2.23. The molecule has 31 heavy (non-hydrogen) atoms. The quantitative estimate of drug-likeness (QED) is 0.526. The summed E-state index contributed by atoms with van der Waals surface area (Å²) >= 11 is 0. The van der Waals surface area contributed by atoms with Crippen LogP contribution in [-0.4, -0.2) is 34.4 Å². The van der Waals surface area contributed by atoms with Crippen molar-refractivity contribution in [2.75, 3.05) is 36.1 Å². The maximum absolute atomic E-state index is 9.27. The molecule has 1 aromatic heterocycles. The summed E-state index contributed by atoms with van der Waals surface area (Å²) in [4.78, 5) is 7.08. The summed E-state index contributed by atoms with van der Waals surface area (Å²) < 4.78 is 2.36. The lowest BCUT2D eigenvalue weighted by Crippen LogP contribution is -2.20. The lowest BCUT2D eigenvalue weighted by molar-refractivity contribution is 0.263. The Morgan fingerprint density at radius 1 is 1.03 bits per heavy atom. The minimum Gasteiger partial charge on any atom is -0.397 e. The van der Waals surface area contributed by atoms with E-state index in [-0.39, 0.29) is 6.61 Å². The van der Waals surface area contributed by atoms with Crippen LogP contribution in [0.3, 0.4) is 0 Å². The molecule has 5 N–H and O–H groups in total. The Kier molecular flexibility index (Phi) is 5.48. The number of aliphatic hydroxyl groups excluding tert-OH is 1. The van der Waals surface area contributed by atoms with Gasteiger partial charge in [0.15, 0.2) is 0 Å². The molecular weight excluding hydrogens is 386 g/mol. The van der Waals surface area contributed by atoms with Gasteiger partial charge in [-0.3, -0.25) is 0 Å². The average molecular weight is 420 g/mol. The molecule has 0 radical (unpaired) electrons. The van der Waals surface area contributed by atoms with Gasteiger partial charge in [0.05, 0.1) is 28.7 Å². The Morgan fingerprint density at radius 3 is 2.68 bits per heavy atom. The van der Waals surface area contributed by atoms with Crippen molar-refractivity contribution in [3.8, 4) is 11.1 Å². The number of aromatic nitrogens is 2. The van der Waals surface area contributed by atoms with Crippen LogP contribution in [0.4, 0.5) is 17.1 Å². The highest BCUT2D eigenvalue weighted by Gasteiger charge is 2.24. The lowest BCUT2D eigenvalue weighted by atomic mass is 9.95. The number of nitrogen functional groups attached to an aromatic ring is 2. The van der Waals surface area contributed by atoms with Gasteiger partial charge in [-0.1, -0.05) is 25.3 Å². The highest BCUT2D eigenvalue weighted by molar-refractivity contribution is 5.91. The summed E-state index contributed by atoms with van der Waals surface area (Å²) in [6.07, 6.45) is 10.4. The number of nitrogens with two attached hydrogens (primary N) is 2. The molecule has 164 valence electrons. The summed E-state index contributed by atoms with van der Waals surface area (Å²) in [7, 11) is 0. The first kappa shape index (κ1) is 20.2. The van der Waals surface area contributed by atoms with Crippen LogP contribution in [0.1, 0.15) is 51.0 Å². The molecule has 1 unspecified atom stereocenters. The predicted molar refractivity (Wildman–Crippen MR) is 128 cm³/mol. The molecule has 1 saturated heterocycles. The maximum atomic E-state index is 9.27. The standard InChI is InChI=1S/C25H33N5O/c26-22-14-20(29-10-8-17(15-29)9-11-31)13-21(25(22)27)18-6-7-24-23(12-18)28-16-30(24)19-4-2-1-3-5-19/h6-7,12-14,16-17,19,31H,1-5,8-11,15,26-27H2. The summed E-state index contributed by atoms with van der Waals surface area (Å²) in [5, 5.41) is 9.27. The van der Waals surface area contributed by atoms with E-state index in [4.69, 9.17) is 16.5 Å². The Labute approximate surface area is 183 Å². The minimum absolute atomic E-state index is 0.251. The average Bonchev–Trinajstić information content (AvgIpc) is 3.43. The largest absolute Gasteiger partial charge is 0.397 e. The molecule has 3 aromatic rings. The molecule has 2 heterocycles. The zero-order chi connectivity index (χ0) is 21.4. The third kappa shape index (κ3) is 3.85. The maximum Gasteiger partial charge on any atom is 0.0960 e.